The summed E-state index contributed by atoms with van der Waals surface area (Å²) in [5.74, 6) is 0.248. The number of nitrogens with zero attached hydrogens (tertiary/aromatic N) is 2. The van der Waals surface area contributed by atoms with Gasteiger partial charge in [-0.15, -0.1) is 0 Å². The van der Waals surface area contributed by atoms with Crippen LogP contribution in [0.2, 0.25) is 0 Å². The monoisotopic (exact) mass is 293 g/mol. The van der Waals surface area contributed by atoms with Gasteiger partial charge in [-0.3, -0.25) is 4.79 Å². The molecule has 1 saturated heterocycles. The molecule has 1 aliphatic heterocycles. The van der Waals surface area contributed by atoms with Gasteiger partial charge in [0.25, 0.3) is 0 Å². The first-order valence-electron chi connectivity index (χ1n) is 7.19. The lowest BCUT2D eigenvalue weighted by atomic mass is 10.1. The minimum absolute atomic E-state index is 0.0241. The zero-order valence-electron chi connectivity index (χ0n) is 12.4. The summed E-state index contributed by atoms with van der Waals surface area (Å²) in [7, 11) is 1.60. The molecule has 6 heteroatoms. The van der Waals surface area contributed by atoms with Gasteiger partial charge in [-0.05, 0) is 18.6 Å². The van der Waals surface area contributed by atoms with Crippen LogP contribution < -0.4 is 10.6 Å². The summed E-state index contributed by atoms with van der Waals surface area (Å²) in [6, 6.07) is 6.76. The number of carbonyl (C=O) groups excluding carboxylic acids is 1. The van der Waals surface area contributed by atoms with Crippen LogP contribution in [0.1, 0.15) is 6.42 Å². The minimum Gasteiger partial charge on any atom is -0.506 e. The molecule has 0 aliphatic carbocycles. The van der Waals surface area contributed by atoms with Crippen molar-refractivity contribution in [2.24, 2.45) is 5.73 Å². The number of hydrogen-bond acceptors (Lipinski definition) is 5. The lowest BCUT2D eigenvalue weighted by Crippen LogP contribution is -2.53. The molecule has 1 heterocycles. The van der Waals surface area contributed by atoms with Crippen LogP contribution in [0.5, 0.6) is 5.75 Å². The molecule has 1 aliphatic rings. The van der Waals surface area contributed by atoms with E-state index in [0.29, 0.717) is 39.2 Å². The van der Waals surface area contributed by atoms with Crippen molar-refractivity contribution in [1.82, 2.24) is 4.90 Å². The van der Waals surface area contributed by atoms with Gasteiger partial charge in [0, 0.05) is 39.9 Å². The zero-order chi connectivity index (χ0) is 15.2. The first kappa shape index (κ1) is 15.6. The zero-order valence-corrected chi connectivity index (χ0v) is 12.4. The lowest BCUT2D eigenvalue weighted by Gasteiger charge is -2.37. The third-order valence-corrected chi connectivity index (χ3v) is 3.76. The molecule has 0 saturated carbocycles. The van der Waals surface area contributed by atoms with Crippen LogP contribution in [0, 0.1) is 0 Å². The Morgan fingerprint density at radius 2 is 2.00 bits per heavy atom. The highest BCUT2D eigenvalue weighted by Crippen LogP contribution is 2.27. The van der Waals surface area contributed by atoms with Crippen molar-refractivity contribution in [2.45, 2.75) is 12.5 Å². The van der Waals surface area contributed by atoms with Gasteiger partial charge in [0.2, 0.25) is 5.91 Å². The first-order valence-corrected chi connectivity index (χ1v) is 7.19. The largest absolute Gasteiger partial charge is 0.506 e. The Bertz CT molecular complexity index is 473. The number of phenolic OH excluding ortho intramolecular Hbond substituents is 1. The van der Waals surface area contributed by atoms with Crippen molar-refractivity contribution >= 4 is 11.6 Å². The number of anilines is 1. The van der Waals surface area contributed by atoms with Crippen molar-refractivity contribution in [3.05, 3.63) is 24.3 Å². The fourth-order valence-corrected chi connectivity index (χ4v) is 2.50. The molecule has 0 bridgehead atoms. The van der Waals surface area contributed by atoms with Gasteiger partial charge in [0.05, 0.1) is 11.7 Å². The van der Waals surface area contributed by atoms with Gasteiger partial charge in [-0.2, -0.15) is 0 Å². The van der Waals surface area contributed by atoms with E-state index < -0.39 is 6.04 Å². The second kappa shape index (κ2) is 7.28. The summed E-state index contributed by atoms with van der Waals surface area (Å²) in [5, 5.41) is 9.87. The number of para-hydroxylation sites is 2. The highest BCUT2D eigenvalue weighted by Gasteiger charge is 2.25. The van der Waals surface area contributed by atoms with E-state index in [1.165, 1.54) is 0 Å². The number of aromatic hydroxyl groups is 1. The molecule has 6 nitrogen and oxygen atoms in total. The van der Waals surface area contributed by atoms with Gasteiger partial charge in [0.15, 0.2) is 0 Å². The van der Waals surface area contributed by atoms with Gasteiger partial charge in [0.1, 0.15) is 5.75 Å². The predicted molar refractivity (Wildman–Crippen MR) is 81.4 cm³/mol. The maximum absolute atomic E-state index is 12.2. The Hall–Kier alpha value is -1.79. The number of nitrogens with two attached hydrogens (primary N) is 1. The first-order chi connectivity index (χ1) is 10.1. The summed E-state index contributed by atoms with van der Waals surface area (Å²) < 4.78 is 4.95. The van der Waals surface area contributed by atoms with E-state index in [1.807, 2.05) is 12.1 Å². The van der Waals surface area contributed by atoms with E-state index in [9.17, 15) is 9.90 Å². The number of carbonyl (C=O) groups is 1. The van der Waals surface area contributed by atoms with Crippen molar-refractivity contribution in [3.8, 4) is 5.75 Å². The van der Waals surface area contributed by atoms with Gasteiger partial charge < -0.3 is 25.4 Å². The average Bonchev–Trinajstić information content (AvgIpc) is 2.52. The van der Waals surface area contributed by atoms with Gasteiger partial charge >= 0.3 is 0 Å². The number of piperazine rings is 1. The maximum atomic E-state index is 12.2. The van der Waals surface area contributed by atoms with E-state index in [4.69, 9.17) is 10.5 Å². The van der Waals surface area contributed by atoms with Crippen LogP contribution in [-0.2, 0) is 9.53 Å². The van der Waals surface area contributed by atoms with E-state index in [2.05, 4.69) is 4.90 Å². The standard InChI is InChI=1S/C15H23N3O3/c1-21-11-6-12(16)15(20)18-9-7-17(8-10-18)13-4-2-3-5-14(13)19/h2-5,12,19H,6-11,16H2,1H3. The van der Waals surface area contributed by atoms with Crippen LogP contribution in [0.25, 0.3) is 0 Å². The number of benzene rings is 1. The van der Waals surface area contributed by atoms with Crippen LogP contribution in [0.15, 0.2) is 24.3 Å². The maximum Gasteiger partial charge on any atom is 0.239 e. The fourth-order valence-electron chi connectivity index (χ4n) is 2.50. The Morgan fingerprint density at radius 3 is 2.62 bits per heavy atom. The molecule has 21 heavy (non-hydrogen) atoms. The summed E-state index contributed by atoms with van der Waals surface area (Å²) in [6.45, 7) is 3.12. The highest BCUT2D eigenvalue weighted by molar-refractivity contribution is 5.82. The molecule has 1 aromatic rings. The SMILES string of the molecule is COCCC(N)C(=O)N1CCN(c2ccccc2O)CC1. The Morgan fingerprint density at radius 1 is 1.33 bits per heavy atom. The smallest absolute Gasteiger partial charge is 0.239 e. The Kier molecular flexibility index (Phi) is 5.41. The minimum atomic E-state index is -0.498. The van der Waals surface area contributed by atoms with Crippen molar-refractivity contribution < 1.29 is 14.6 Å². The number of methoxy groups -OCH3 is 1. The second-order valence-corrected chi connectivity index (χ2v) is 5.19. The summed E-state index contributed by atoms with van der Waals surface area (Å²) in [6.07, 6.45) is 0.537. The molecule has 2 rings (SSSR count). The number of ether oxygens (including phenoxy) is 1. The molecule has 1 unspecified atom stereocenters. The molecular weight excluding hydrogens is 270 g/mol. The molecule has 1 atom stereocenters. The topological polar surface area (TPSA) is 79.0 Å². The van der Waals surface area contributed by atoms with E-state index >= 15 is 0 Å². The molecule has 0 radical (unpaired) electrons. The summed E-state index contributed by atoms with van der Waals surface area (Å²) in [5.41, 5.74) is 6.69. The van der Waals surface area contributed by atoms with Crippen LogP contribution in [0.3, 0.4) is 0 Å². The lowest BCUT2D eigenvalue weighted by molar-refractivity contribution is -0.133. The Balaban J connectivity index is 1.88. The van der Waals surface area contributed by atoms with Crippen molar-refractivity contribution in [2.75, 3.05) is 44.8 Å². The van der Waals surface area contributed by atoms with E-state index in [1.54, 1.807) is 24.1 Å². The molecule has 1 aromatic carbocycles. The van der Waals surface area contributed by atoms with E-state index in [0.717, 1.165) is 5.69 Å². The summed E-state index contributed by atoms with van der Waals surface area (Å²) in [4.78, 5) is 16.1. The molecular formula is C15H23N3O3. The molecule has 3 N–H and O–H groups in total. The number of hydrogen-bond donors (Lipinski definition) is 2. The number of rotatable bonds is 5. The van der Waals surface area contributed by atoms with Crippen molar-refractivity contribution in [3.63, 3.8) is 0 Å². The third kappa shape index (κ3) is 3.86. The van der Waals surface area contributed by atoms with Crippen LogP contribution >= 0.6 is 0 Å². The Labute approximate surface area is 125 Å². The quantitative estimate of drug-likeness (QED) is 0.822. The van der Waals surface area contributed by atoms with Crippen molar-refractivity contribution in [1.29, 1.82) is 0 Å². The molecule has 116 valence electrons. The highest BCUT2D eigenvalue weighted by atomic mass is 16.5. The number of amides is 1. The molecule has 0 aromatic heterocycles. The predicted octanol–water partition coefficient (Wildman–Crippen LogP) is 0.405. The second-order valence-electron chi connectivity index (χ2n) is 5.19. The van der Waals surface area contributed by atoms with Gasteiger partial charge in [-0.1, -0.05) is 12.1 Å². The number of phenols is 1. The molecule has 0 spiro atoms. The van der Waals surface area contributed by atoms with Crippen LogP contribution in [-0.4, -0.2) is 61.9 Å². The molecule has 1 fully saturated rings. The summed E-state index contributed by atoms with van der Waals surface area (Å²) >= 11 is 0. The van der Waals surface area contributed by atoms with Crippen LogP contribution in [0.4, 0.5) is 5.69 Å². The molecule has 1 amide bonds. The average molecular weight is 293 g/mol. The third-order valence-electron chi connectivity index (χ3n) is 3.76. The van der Waals surface area contributed by atoms with Gasteiger partial charge in [-0.25, -0.2) is 0 Å². The normalized spacial score (nSPS) is 16.9. The van der Waals surface area contributed by atoms with E-state index in [-0.39, 0.29) is 11.7 Å². The fraction of sp³-hybridized carbons (Fsp3) is 0.533.